The van der Waals surface area contributed by atoms with Crippen LogP contribution < -0.4 is 16.0 Å². The van der Waals surface area contributed by atoms with Crippen LogP contribution in [0.2, 0.25) is 0 Å². The second-order valence-corrected chi connectivity index (χ2v) is 7.18. The highest BCUT2D eigenvalue weighted by Gasteiger charge is 2.30. The number of benzene rings is 1. The molecule has 0 aliphatic rings. The maximum absolute atomic E-state index is 12.9. The number of fused-ring (bicyclic) bond motifs is 1. The number of ether oxygens (including phenoxy) is 1. The second kappa shape index (κ2) is 8.41. The molecular formula is C20H18F3N7O3. The molecule has 1 amide bonds. The Bertz CT molecular complexity index is 1390. The SMILES string of the molecule is CCCn1c(OC(N)=O)nc2nc(-c3cnn(Cc4cccc(C(F)(F)F)c4)c3)[nH]c2c1=O. The van der Waals surface area contributed by atoms with E-state index in [0.717, 1.165) is 12.1 Å². The summed E-state index contributed by atoms with van der Waals surface area (Å²) in [6, 6.07) is 4.70. The van der Waals surface area contributed by atoms with E-state index < -0.39 is 23.4 Å². The number of nitrogens with zero attached hydrogens (tertiary/aromatic N) is 5. The zero-order valence-corrected chi connectivity index (χ0v) is 17.3. The topological polar surface area (TPSA) is 134 Å². The van der Waals surface area contributed by atoms with Gasteiger partial charge in [0, 0.05) is 12.7 Å². The van der Waals surface area contributed by atoms with Gasteiger partial charge in [-0.15, -0.1) is 0 Å². The van der Waals surface area contributed by atoms with Gasteiger partial charge in [0.05, 0.1) is 23.9 Å². The highest BCUT2D eigenvalue weighted by Crippen LogP contribution is 2.29. The van der Waals surface area contributed by atoms with E-state index in [1.54, 1.807) is 12.3 Å². The van der Waals surface area contributed by atoms with Gasteiger partial charge in [0.2, 0.25) is 0 Å². The molecule has 0 bridgehead atoms. The average Bonchev–Trinajstić information content (AvgIpc) is 3.37. The van der Waals surface area contributed by atoms with Gasteiger partial charge in [-0.3, -0.25) is 14.0 Å². The number of alkyl halides is 3. The number of carbonyl (C=O) groups excluding carboxylic acids is 1. The number of imidazole rings is 1. The van der Waals surface area contributed by atoms with Gasteiger partial charge in [-0.2, -0.15) is 23.3 Å². The maximum Gasteiger partial charge on any atom is 0.416 e. The summed E-state index contributed by atoms with van der Waals surface area (Å²) in [6.07, 6.45) is -1.95. The number of aromatic nitrogens is 6. The van der Waals surface area contributed by atoms with Crippen LogP contribution in [0.5, 0.6) is 6.01 Å². The van der Waals surface area contributed by atoms with Gasteiger partial charge in [0.25, 0.3) is 5.56 Å². The molecule has 0 unspecified atom stereocenters. The summed E-state index contributed by atoms with van der Waals surface area (Å²) in [5, 5.41) is 4.16. The standard InChI is InChI=1S/C20H18F3N7O3/c1-2-6-30-17(31)14-16(28-19(30)33-18(24)32)27-15(26-14)12-8-25-29(10-12)9-11-4-3-5-13(7-11)20(21,22)23/h3-5,7-8,10H,2,6,9H2,1H3,(H2,24,32)(H,26,27). The molecule has 0 saturated carbocycles. The second-order valence-electron chi connectivity index (χ2n) is 7.18. The number of aromatic amines is 1. The van der Waals surface area contributed by atoms with Crippen LogP contribution in [0, 0.1) is 0 Å². The molecule has 3 heterocycles. The number of amides is 1. The number of H-pyrrole nitrogens is 1. The Labute approximate surface area is 183 Å². The van der Waals surface area contributed by atoms with Gasteiger partial charge in [-0.05, 0) is 24.1 Å². The number of rotatable bonds is 6. The molecule has 0 atom stereocenters. The highest BCUT2D eigenvalue weighted by atomic mass is 19.4. The van der Waals surface area contributed by atoms with E-state index in [1.807, 2.05) is 6.92 Å². The van der Waals surface area contributed by atoms with Crippen molar-refractivity contribution in [2.24, 2.45) is 5.73 Å². The summed E-state index contributed by atoms with van der Waals surface area (Å²) in [5.41, 5.74) is 4.84. The number of nitrogens with one attached hydrogen (secondary N) is 1. The van der Waals surface area contributed by atoms with E-state index in [1.165, 1.54) is 21.5 Å². The minimum atomic E-state index is -4.44. The van der Waals surface area contributed by atoms with Crippen molar-refractivity contribution >= 4 is 17.3 Å². The zero-order valence-electron chi connectivity index (χ0n) is 17.3. The van der Waals surface area contributed by atoms with Crippen LogP contribution in [-0.2, 0) is 19.3 Å². The van der Waals surface area contributed by atoms with E-state index >= 15 is 0 Å². The fourth-order valence-corrected chi connectivity index (χ4v) is 3.30. The Hall–Kier alpha value is -4.16. The van der Waals surface area contributed by atoms with E-state index in [9.17, 15) is 22.8 Å². The van der Waals surface area contributed by atoms with Crippen LogP contribution in [0.1, 0.15) is 24.5 Å². The van der Waals surface area contributed by atoms with Crippen molar-refractivity contribution in [3.63, 3.8) is 0 Å². The van der Waals surface area contributed by atoms with Crippen LogP contribution in [0.25, 0.3) is 22.6 Å². The monoisotopic (exact) mass is 461 g/mol. The molecule has 3 N–H and O–H groups in total. The van der Waals surface area contributed by atoms with Crippen LogP contribution in [-0.4, -0.2) is 35.4 Å². The van der Waals surface area contributed by atoms with Crippen molar-refractivity contribution in [3.05, 3.63) is 58.1 Å². The van der Waals surface area contributed by atoms with Crippen molar-refractivity contribution < 1.29 is 22.7 Å². The van der Waals surface area contributed by atoms with E-state index in [4.69, 9.17) is 10.5 Å². The van der Waals surface area contributed by atoms with E-state index in [0.29, 0.717) is 17.5 Å². The first-order chi connectivity index (χ1) is 15.7. The predicted molar refractivity (Wildman–Crippen MR) is 110 cm³/mol. The minimum absolute atomic E-state index is 0.0178. The molecule has 4 aromatic rings. The number of primary amides is 1. The Morgan fingerprint density at radius 1 is 1.27 bits per heavy atom. The Morgan fingerprint density at radius 2 is 2.06 bits per heavy atom. The first kappa shape index (κ1) is 22.0. The minimum Gasteiger partial charge on any atom is -0.375 e. The fraction of sp³-hybridized carbons (Fsp3) is 0.250. The van der Waals surface area contributed by atoms with Crippen molar-refractivity contribution in [2.75, 3.05) is 0 Å². The van der Waals surface area contributed by atoms with Crippen LogP contribution in [0.15, 0.2) is 41.5 Å². The molecule has 3 aromatic heterocycles. The summed E-state index contributed by atoms with van der Waals surface area (Å²) in [7, 11) is 0. The Morgan fingerprint density at radius 3 is 2.76 bits per heavy atom. The molecular weight excluding hydrogens is 443 g/mol. The number of hydrogen-bond acceptors (Lipinski definition) is 6. The molecule has 13 heteroatoms. The Kier molecular flexibility index (Phi) is 5.62. The van der Waals surface area contributed by atoms with Gasteiger partial charge < -0.3 is 15.5 Å². The van der Waals surface area contributed by atoms with Gasteiger partial charge >= 0.3 is 18.3 Å². The molecule has 0 saturated heterocycles. The highest BCUT2D eigenvalue weighted by molar-refractivity contribution is 5.75. The Balaban J connectivity index is 1.66. The summed E-state index contributed by atoms with van der Waals surface area (Å²) < 4.78 is 46.3. The van der Waals surface area contributed by atoms with Gasteiger partial charge in [-0.25, -0.2) is 9.78 Å². The first-order valence-corrected chi connectivity index (χ1v) is 9.82. The lowest BCUT2D eigenvalue weighted by molar-refractivity contribution is -0.137. The quantitative estimate of drug-likeness (QED) is 0.454. The summed E-state index contributed by atoms with van der Waals surface area (Å²) >= 11 is 0. The lowest BCUT2D eigenvalue weighted by Crippen LogP contribution is -2.27. The summed E-state index contributed by atoms with van der Waals surface area (Å²) in [4.78, 5) is 35.3. The molecule has 0 aliphatic heterocycles. The van der Waals surface area contributed by atoms with Crippen molar-refractivity contribution in [1.82, 2.24) is 29.3 Å². The van der Waals surface area contributed by atoms with Crippen LogP contribution in [0.3, 0.4) is 0 Å². The number of hydrogen-bond donors (Lipinski definition) is 2. The molecule has 0 aliphatic carbocycles. The van der Waals surface area contributed by atoms with Gasteiger partial charge in [-0.1, -0.05) is 19.1 Å². The third-order valence-corrected chi connectivity index (χ3v) is 4.72. The molecule has 0 spiro atoms. The van der Waals surface area contributed by atoms with Crippen LogP contribution >= 0.6 is 0 Å². The third-order valence-electron chi connectivity index (χ3n) is 4.72. The normalized spacial score (nSPS) is 11.8. The summed E-state index contributed by atoms with van der Waals surface area (Å²) in [5.74, 6) is 0.268. The first-order valence-electron chi connectivity index (χ1n) is 9.82. The lowest BCUT2D eigenvalue weighted by atomic mass is 10.1. The molecule has 0 fully saturated rings. The molecule has 172 valence electrons. The summed E-state index contributed by atoms with van der Waals surface area (Å²) in [6.45, 7) is 2.18. The van der Waals surface area contributed by atoms with Crippen molar-refractivity contribution in [3.8, 4) is 17.4 Å². The molecule has 0 radical (unpaired) electrons. The van der Waals surface area contributed by atoms with Gasteiger partial charge in [0.1, 0.15) is 5.82 Å². The largest absolute Gasteiger partial charge is 0.416 e. The predicted octanol–water partition coefficient (Wildman–Crippen LogP) is 2.92. The third kappa shape index (κ3) is 4.56. The molecule has 33 heavy (non-hydrogen) atoms. The van der Waals surface area contributed by atoms with Gasteiger partial charge in [0.15, 0.2) is 11.2 Å². The fourth-order valence-electron chi connectivity index (χ4n) is 3.30. The maximum atomic E-state index is 12.9. The van der Waals surface area contributed by atoms with Crippen molar-refractivity contribution in [2.45, 2.75) is 32.6 Å². The van der Waals surface area contributed by atoms with Crippen LogP contribution in [0.4, 0.5) is 18.0 Å². The zero-order chi connectivity index (χ0) is 23.8. The number of carbonyl (C=O) groups is 1. The number of nitrogens with two attached hydrogens (primary N) is 1. The van der Waals surface area contributed by atoms with E-state index in [2.05, 4.69) is 20.1 Å². The lowest BCUT2D eigenvalue weighted by Gasteiger charge is -2.08. The smallest absolute Gasteiger partial charge is 0.375 e. The molecule has 4 rings (SSSR count). The molecule has 1 aromatic carbocycles. The average molecular weight is 461 g/mol. The molecule has 10 nitrogen and oxygen atoms in total. The number of halogens is 3. The van der Waals surface area contributed by atoms with Crippen molar-refractivity contribution in [1.29, 1.82) is 0 Å². The van der Waals surface area contributed by atoms with E-state index in [-0.39, 0.29) is 36.1 Å².